The van der Waals surface area contributed by atoms with Crippen LogP contribution in [0.15, 0.2) is 40.9 Å². The summed E-state index contributed by atoms with van der Waals surface area (Å²) in [5.41, 5.74) is 5.26. The van der Waals surface area contributed by atoms with Gasteiger partial charge in [0.25, 0.3) is 0 Å². The standard InChI is InChI=1S/C18H19BrFN/c1-21-18(9-12-7-16(19)11-17(20)8-12)15-6-5-13-3-2-4-14(13)10-15/h5-8,10-11,18,21H,2-4,9H2,1H3. The molecule has 0 heterocycles. The Morgan fingerprint density at radius 2 is 1.95 bits per heavy atom. The highest BCUT2D eigenvalue weighted by molar-refractivity contribution is 9.10. The molecule has 2 aromatic carbocycles. The van der Waals surface area contributed by atoms with Gasteiger partial charge in [-0.3, -0.25) is 0 Å². The van der Waals surface area contributed by atoms with Crippen molar-refractivity contribution in [2.45, 2.75) is 31.7 Å². The second-order valence-corrected chi connectivity index (χ2v) is 6.62. The maximum atomic E-state index is 13.5. The molecule has 0 saturated heterocycles. The summed E-state index contributed by atoms with van der Waals surface area (Å²) in [6, 6.07) is 12.1. The lowest BCUT2D eigenvalue weighted by molar-refractivity contribution is 0.583. The van der Waals surface area contributed by atoms with E-state index in [1.54, 1.807) is 6.07 Å². The van der Waals surface area contributed by atoms with Gasteiger partial charge in [0.05, 0.1) is 0 Å². The highest BCUT2D eigenvalue weighted by atomic mass is 79.9. The van der Waals surface area contributed by atoms with E-state index in [0.717, 1.165) is 16.5 Å². The number of benzene rings is 2. The molecule has 0 amide bonds. The van der Waals surface area contributed by atoms with Crippen LogP contribution in [0.4, 0.5) is 4.39 Å². The Bertz CT molecular complexity index is 633. The molecule has 1 unspecified atom stereocenters. The van der Waals surface area contributed by atoms with Gasteiger partial charge in [-0.1, -0.05) is 34.1 Å². The first-order valence-corrected chi connectivity index (χ1v) is 8.19. The minimum atomic E-state index is -0.191. The second-order valence-electron chi connectivity index (χ2n) is 5.70. The van der Waals surface area contributed by atoms with Crippen molar-refractivity contribution in [3.63, 3.8) is 0 Å². The summed E-state index contributed by atoms with van der Waals surface area (Å²) in [6.45, 7) is 0. The van der Waals surface area contributed by atoms with Gasteiger partial charge in [0.2, 0.25) is 0 Å². The van der Waals surface area contributed by atoms with Gasteiger partial charge in [-0.25, -0.2) is 4.39 Å². The Kier molecular flexibility index (Phi) is 4.41. The molecule has 21 heavy (non-hydrogen) atoms. The van der Waals surface area contributed by atoms with Gasteiger partial charge in [0, 0.05) is 10.5 Å². The summed E-state index contributed by atoms with van der Waals surface area (Å²) < 4.78 is 14.3. The van der Waals surface area contributed by atoms with Crippen LogP contribution in [0.1, 0.15) is 34.7 Å². The largest absolute Gasteiger partial charge is 0.313 e. The number of fused-ring (bicyclic) bond motifs is 1. The predicted octanol–water partition coefficient (Wildman–Crippen LogP) is 4.58. The molecule has 1 atom stereocenters. The smallest absolute Gasteiger partial charge is 0.124 e. The fourth-order valence-electron chi connectivity index (χ4n) is 3.16. The lowest BCUT2D eigenvalue weighted by Gasteiger charge is -2.18. The molecular weight excluding hydrogens is 329 g/mol. The molecule has 0 spiro atoms. The van der Waals surface area contributed by atoms with Gasteiger partial charge in [-0.05, 0) is 73.2 Å². The molecule has 0 saturated carbocycles. The van der Waals surface area contributed by atoms with Crippen molar-refractivity contribution in [2.24, 2.45) is 0 Å². The van der Waals surface area contributed by atoms with Crippen LogP contribution < -0.4 is 5.32 Å². The quantitative estimate of drug-likeness (QED) is 0.853. The van der Waals surface area contributed by atoms with Gasteiger partial charge < -0.3 is 5.32 Å². The molecule has 3 heteroatoms. The molecule has 0 aliphatic heterocycles. The normalized spacial score (nSPS) is 15.0. The van der Waals surface area contributed by atoms with E-state index < -0.39 is 0 Å². The lowest BCUT2D eigenvalue weighted by Crippen LogP contribution is -2.19. The fraction of sp³-hybridized carbons (Fsp3) is 0.333. The molecule has 2 aromatic rings. The van der Waals surface area contributed by atoms with Crippen molar-refractivity contribution in [1.29, 1.82) is 0 Å². The van der Waals surface area contributed by atoms with Crippen LogP contribution in [-0.2, 0) is 19.3 Å². The molecule has 110 valence electrons. The Morgan fingerprint density at radius 1 is 1.14 bits per heavy atom. The SMILES string of the molecule is CNC(Cc1cc(F)cc(Br)c1)c1ccc2c(c1)CCC2. The third-order valence-corrected chi connectivity index (χ3v) is 4.69. The lowest BCUT2D eigenvalue weighted by atomic mass is 9.96. The number of aryl methyl sites for hydroxylation is 2. The van der Waals surface area contributed by atoms with Crippen LogP contribution >= 0.6 is 15.9 Å². The van der Waals surface area contributed by atoms with E-state index >= 15 is 0 Å². The zero-order valence-corrected chi connectivity index (χ0v) is 13.7. The molecular formula is C18H19BrFN. The van der Waals surface area contributed by atoms with Crippen LogP contribution in [0.25, 0.3) is 0 Å². The van der Waals surface area contributed by atoms with Crippen molar-refractivity contribution in [2.75, 3.05) is 7.05 Å². The fourth-order valence-corrected chi connectivity index (χ4v) is 3.67. The number of nitrogens with one attached hydrogen (secondary N) is 1. The van der Waals surface area contributed by atoms with E-state index in [2.05, 4.69) is 39.4 Å². The molecule has 0 radical (unpaired) electrons. The van der Waals surface area contributed by atoms with Crippen molar-refractivity contribution >= 4 is 15.9 Å². The van der Waals surface area contributed by atoms with E-state index in [9.17, 15) is 4.39 Å². The molecule has 1 aliphatic rings. The molecule has 1 N–H and O–H groups in total. The summed E-state index contributed by atoms with van der Waals surface area (Å²) in [5.74, 6) is -0.191. The first kappa shape index (κ1) is 14.7. The number of hydrogen-bond donors (Lipinski definition) is 1. The van der Waals surface area contributed by atoms with E-state index in [1.165, 1.54) is 42.0 Å². The number of halogens is 2. The summed E-state index contributed by atoms with van der Waals surface area (Å²) in [4.78, 5) is 0. The van der Waals surface area contributed by atoms with Crippen molar-refractivity contribution < 1.29 is 4.39 Å². The van der Waals surface area contributed by atoms with Gasteiger partial charge in [0.15, 0.2) is 0 Å². The Balaban J connectivity index is 1.84. The summed E-state index contributed by atoms with van der Waals surface area (Å²) in [7, 11) is 1.96. The first-order valence-electron chi connectivity index (χ1n) is 7.39. The summed E-state index contributed by atoms with van der Waals surface area (Å²) >= 11 is 3.36. The van der Waals surface area contributed by atoms with Crippen LogP contribution in [0.3, 0.4) is 0 Å². The van der Waals surface area contributed by atoms with Crippen LogP contribution in [0.5, 0.6) is 0 Å². The van der Waals surface area contributed by atoms with Crippen molar-refractivity contribution in [3.8, 4) is 0 Å². The third kappa shape index (κ3) is 3.35. The van der Waals surface area contributed by atoms with E-state index in [-0.39, 0.29) is 11.9 Å². The zero-order chi connectivity index (χ0) is 14.8. The van der Waals surface area contributed by atoms with Crippen LogP contribution in [0, 0.1) is 5.82 Å². The highest BCUT2D eigenvalue weighted by Crippen LogP contribution is 2.27. The molecule has 0 fully saturated rings. The van der Waals surface area contributed by atoms with Crippen molar-refractivity contribution in [1.82, 2.24) is 5.32 Å². The average Bonchev–Trinajstić information content (AvgIpc) is 2.91. The maximum Gasteiger partial charge on any atom is 0.124 e. The summed E-state index contributed by atoms with van der Waals surface area (Å²) in [5, 5.41) is 3.36. The third-order valence-electron chi connectivity index (χ3n) is 4.24. The molecule has 1 aliphatic carbocycles. The maximum absolute atomic E-state index is 13.5. The minimum Gasteiger partial charge on any atom is -0.313 e. The number of likely N-dealkylation sites (N-methyl/N-ethyl adjacent to an activating group) is 1. The Labute approximate surface area is 133 Å². The van der Waals surface area contributed by atoms with Gasteiger partial charge >= 0.3 is 0 Å². The van der Waals surface area contributed by atoms with Crippen LogP contribution in [-0.4, -0.2) is 7.05 Å². The van der Waals surface area contributed by atoms with Crippen LogP contribution in [0.2, 0.25) is 0 Å². The summed E-state index contributed by atoms with van der Waals surface area (Å²) in [6.07, 6.45) is 4.44. The molecule has 0 aromatic heterocycles. The van der Waals surface area contributed by atoms with Gasteiger partial charge in [0.1, 0.15) is 5.82 Å². The van der Waals surface area contributed by atoms with Crippen molar-refractivity contribution in [3.05, 3.63) is 68.9 Å². The van der Waals surface area contributed by atoms with E-state index in [0.29, 0.717) is 0 Å². The zero-order valence-electron chi connectivity index (χ0n) is 12.1. The highest BCUT2D eigenvalue weighted by Gasteiger charge is 2.16. The second kappa shape index (κ2) is 6.29. The number of rotatable bonds is 4. The first-order chi connectivity index (χ1) is 10.2. The van der Waals surface area contributed by atoms with E-state index in [1.807, 2.05) is 13.1 Å². The Morgan fingerprint density at radius 3 is 2.71 bits per heavy atom. The van der Waals surface area contributed by atoms with Gasteiger partial charge in [-0.2, -0.15) is 0 Å². The molecule has 0 bridgehead atoms. The van der Waals surface area contributed by atoms with E-state index in [4.69, 9.17) is 0 Å². The average molecular weight is 348 g/mol. The topological polar surface area (TPSA) is 12.0 Å². The molecule has 3 rings (SSSR count). The van der Waals surface area contributed by atoms with Gasteiger partial charge in [-0.15, -0.1) is 0 Å². The Hall–Kier alpha value is -1.19. The predicted molar refractivity (Wildman–Crippen MR) is 88.1 cm³/mol. The minimum absolute atomic E-state index is 0.191. The monoisotopic (exact) mass is 347 g/mol. The number of hydrogen-bond acceptors (Lipinski definition) is 1. The molecule has 1 nitrogen and oxygen atoms in total.